The van der Waals surface area contributed by atoms with Gasteiger partial charge in [0.1, 0.15) is 35.6 Å². The maximum Gasteiger partial charge on any atom is 0.192 e. The van der Waals surface area contributed by atoms with Gasteiger partial charge in [-0.05, 0) is 101 Å². The Kier molecular flexibility index (Phi) is 19.8. The quantitative estimate of drug-likeness (QED) is 0.0236. The lowest BCUT2D eigenvalue weighted by Gasteiger charge is -2.47. The Bertz CT molecular complexity index is 2010. The lowest BCUT2D eigenvalue weighted by molar-refractivity contribution is -0.181. The van der Waals surface area contributed by atoms with Gasteiger partial charge < -0.3 is 52.2 Å². The van der Waals surface area contributed by atoms with E-state index in [4.69, 9.17) is 47.1 Å². The van der Waals surface area contributed by atoms with Gasteiger partial charge in [-0.1, -0.05) is 115 Å². The summed E-state index contributed by atoms with van der Waals surface area (Å²) >= 11 is 0. The van der Waals surface area contributed by atoms with Gasteiger partial charge in [0, 0.05) is 20.6 Å². The molecule has 0 radical (unpaired) electrons. The molecule has 68 heavy (non-hydrogen) atoms. The molecule has 0 saturated heterocycles. The van der Waals surface area contributed by atoms with Gasteiger partial charge in [-0.25, -0.2) is 0 Å². The highest BCUT2D eigenvalue weighted by atomic mass is 28.4. The molecule has 0 amide bonds. The Morgan fingerprint density at radius 3 is 1.96 bits per heavy atom. The van der Waals surface area contributed by atoms with Crippen LogP contribution in [-0.4, -0.2) is 106 Å². The number of hydrogen-bond acceptors (Lipinski definition) is 11. The lowest BCUT2D eigenvalue weighted by atomic mass is 9.62. The average Bonchev–Trinajstić information content (AvgIpc) is 3.64. The summed E-state index contributed by atoms with van der Waals surface area (Å²) in [4.78, 5) is 0. The fourth-order valence-electron chi connectivity index (χ4n) is 9.33. The standard InChI is InChI=1S/C55H84O11Si2/c1-51(2,3)68(12,13)66-40-49(63-38-45-21-25-47(59-8)26-22-45)53(65-39-43-17-15-14-16-18-43,41-62-37-44-19-23-46(58-7)24-20-44)29-30-55(56)50(64-42-61-34-33-57-6)48-27-28-54(55,52(48,4)5)31-32-60-35-36-67(9,10)11/h14-26,29-32,48-50,56H,27-28,33-42H2,1-13H3/b30-29-,32-31-/t48-,49-,50-,53+,54-,55+/m1/s1. The predicted molar refractivity (Wildman–Crippen MR) is 275 cm³/mol. The highest BCUT2D eigenvalue weighted by Gasteiger charge is 2.74. The number of methoxy groups -OCH3 is 3. The van der Waals surface area contributed by atoms with Crippen LogP contribution in [0.1, 0.15) is 64.2 Å². The minimum Gasteiger partial charge on any atom is -0.502 e. The SMILES string of the molecule is COCCOCO[C@@H]1[C@H]2CC[C@@](/C=C\OCC[Si](C)(C)C)(C2(C)C)[C@]1(O)/C=C\[C@@](COCc1ccc(OC)cc1)(OCc1ccccc1)[C@@H](CO[Si](C)(C)C(C)(C)C)OCc1ccc(OC)cc1. The number of benzene rings is 3. The smallest absolute Gasteiger partial charge is 0.192 e. The summed E-state index contributed by atoms with van der Waals surface area (Å²) in [6.45, 7) is 25.2. The van der Waals surface area contributed by atoms with Crippen molar-refractivity contribution in [2.24, 2.45) is 16.7 Å². The minimum atomic E-state index is -2.36. The molecule has 6 atom stereocenters. The van der Waals surface area contributed by atoms with Crippen LogP contribution in [0.25, 0.3) is 0 Å². The summed E-state index contributed by atoms with van der Waals surface area (Å²) in [5, 5.41) is 13.8. The maximum absolute atomic E-state index is 13.8. The van der Waals surface area contributed by atoms with E-state index in [9.17, 15) is 5.11 Å². The van der Waals surface area contributed by atoms with Gasteiger partial charge in [0.25, 0.3) is 0 Å². The van der Waals surface area contributed by atoms with E-state index < -0.39 is 50.6 Å². The van der Waals surface area contributed by atoms with Crippen LogP contribution in [-0.2, 0) is 57.4 Å². The first-order chi connectivity index (χ1) is 32.2. The molecule has 0 unspecified atom stereocenters. The number of aliphatic hydroxyl groups is 1. The van der Waals surface area contributed by atoms with E-state index >= 15 is 0 Å². The van der Waals surface area contributed by atoms with Crippen molar-refractivity contribution in [3.63, 3.8) is 0 Å². The molecule has 378 valence electrons. The molecule has 3 aromatic rings. The molecule has 0 spiro atoms. The fraction of sp³-hybridized carbons (Fsp3) is 0.600. The van der Waals surface area contributed by atoms with E-state index in [0.29, 0.717) is 19.8 Å². The number of rotatable bonds is 29. The molecule has 2 bridgehead atoms. The topological polar surface area (TPSA) is 113 Å². The zero-order chi connectivity index (χ0) is 49.7. The second-order valence-electron chi connectivity index (χ2n) is 21.9. The number of hydrogen-bond donors (Lipinski definition) is 1. The summed E-state index contributed by atoms with van der Waals surface area (Å²) in [5.41, 5.74) is -1.17. The van der Waals surface area contributed by atoms with E-state index in [2.05, 4.69) is 73.4 Å². The highest BCUT2D eigenvalue weighted by Crippen LogP contribution is 2.71. The third kappa shape index (κ3) is 13.7. The largest absolute Gasteiger partial charge is 0.502 e. The van der Waals surface area contributed by atoms with Crippen LogP contribution in [0.3, 0.4) is 0 Å². The summed E-state index contributed by atoms with van der Waals surface area (Å²) in [6, 6.07) is 26.9. The molecule has 0 aliphatic heterocycles. The van der Waals surface area contributed by atoms with Crippen molar-refractivity contribution >= 4 is 16.4 Å². The van der Waals surface area contributed by atoms with E-state index in [0.717, 1.165) is 47.1 Å². The molecule has 11 nitrogen and oxygen atoms in total. The highest BCUT2D eigenvalue weighted by molar-refractivity contribution is 6.76. The molecular formula is C55H84O11Si2. The van der Waals surface area contributed by atoms with Crippen molar-refractivity contribution in [1.29, 1.82) is 0 Å². The Labute approximate surface area is 410 Å². The third-order valence-electron chi connectivity index (χ3n) is 14.9. The molecule has 0 aromatic heterocycles. The first-order valence-corrected chi connectivity index (χ1v) is 30.9. The zero-order valence-electron chi connectivity index (χ0n) is 43.6. The van der Waals surface area contributed by atoms with Crippen LogP contribution < -0.4 is 9.47 Å². The third-order valence-corrected chi connectivity index (χ3v) is 21.1. The summed E-state index contributed by atoms with van der Waals surface area (Å²) < 4.78 is 63.5. The molecule has 2 saturated carbocycles. The fourth-order valence-corrected chi connectivity index (χ4v) is 11.1. The van der Waals surface area contributed by atoms with Crippen molar-refractivity contribution in [3.8, 4) is 11.5 Å². The molecule has 0 heterocycles. The number of fused-ring (bicyclic) bond motifs is 2. The lowest BCUT2D eigenvalue weighted by Crippen LogP contribution is -2.56. The Balaban J connectivity index is 1.69. The number of ether oxygens (including phenoxy) is 9. The van der Waals surface area contributed by atoms with Crippen molar-refractivity contribution in [3.05, 3.63) is 120 Å². The molecule has 13 heteroatoms. The van der Waals surface area contributed by atoms with Crippen molar-refractivity contribution < 1.29 is 52.2 Å². The van der Waals surface area contributed by atoms with E-state index in [1.807, 2.05) is 97.3 Å². The molecule has 3 aromatic carbocycles. The average molecular weight is 977 g/mol. The predicted octanol–water partition coefficient (Wildman–Crippen LogP) is 11.4. The maximum atomic E-state index is 13.8. The van der Waals surface area contributed by atoms with E-state index in [-0.39, 0.29) is 50.8 Å². The summed E-state index contributed by atoms with van der Waals surface area (Å²) in [7, 11) is 1.25. The molecule has 2 aliphatic rings. The Morgan fingerprint density at radius 1 is 0.750 bits per heavy atom. The van der Waals surface area contributed by atoms with Gasteiger partial charge >= 0.3 is 0 Å². The van der Waals surface area contributed by atoms with Gasteiger partial charge in [0.2, 0.25) is 0 Å². The Morgan fingerprint density at radius 2 is 1.37 bits per heavy atom. The molecule has 2 fully saturated rings. The molecule has 2 aliphatic carbocycles. The first-order valence-electron chi connectivity index (χ1n) is 24.3. The van der Waals surface area contributed by atoms with Crippen LogP contribution in [0, 0.1) is 16.7 Å². The minimum absolute atomic E-state index is 0.00215. The molecule has 1 N–H and O–H groups in total. The molecular weight excluding hydrogens is 893 g/mol. The van der Waals surface area contributed by atoms with Gasteiger partial charge in [-0.3, -0.25) is 0 Å². The van der Waals surface area contributed by atoms with Crippen molar-refractivity contribution in [2.45, 2.75) is 135 Å². The van der Waals surface area contributed by atoms with Gasteiger partial charge in [-0.15, -0.1) is 0 Å². The first kappa shape index (κ1) is 55.6. The van der Waals surface area contributed by atoms with Crippen LogP contribution >= 0.6 is 0 Å². The van der Waals surface area contributed by atoms with Crippen molar-refractivity contribution in [2.75, 3.05) is 61.2 Å². The zero-order valence-corrected chi connectivity index (χ0v) is 45.6. The van der Waals surface area contributed by atoms with Gasteiger partial charge in [0.15, 0.2) is 8.32 Å². The second-order valence-corrected chi connectivity index (χ2v) is 32.3. The summed E-state index contributed by atoms with van der Waals surface area (Å²) in [6.07, 6.45) is 8.09. The van der Waals surface area contributed by atoms with Crippen LogP contribution in [0.2, 0.25) is 43.8 Å². The van der Waals surface area contributed by atoms with Gasteiger partial charge in [0.05, 0.1) is 79.4 Å². The second kappa shape index (κ2) is 24.2. The van der Waals surface area contributed by atoms with Crippen LogP contribution in [0.15, 0.2) is 103 Å². The van der Waals surface area contributed by atoms with E-state index in [1.165, 1.54) is 0 Å². The van der Waals surface area contributed by atoms with E-state index in [1.54, 1.807) is 21.3 Å². The van der Waals surface area contributed by atoms with Crippen LogP contribution in [0.4, 0.5) is 0 Å². The summed E-state index contributed by atoms with van der Waals surface area (Å²) in [5.74, 6) is 1.51. The van der Waals surface area contributed by atoms with Crippen molar-refractivity contribution in [1.82, 2.24) is 0 Å². The molecule has 5 rings (SSSR count). The van der Waals surface area contributed by atoms with Gasteiger partial charge in [-0.2, -0.15) is 0 Å². The normalized spacial score (nSPS) is 23.0. The monoisotopic (exact) mass is 977 g/mol. The van der Waals surface area contributed by atoms with Crippen LogP contribution in [0.5, 0.6) is 11.5 Å². The Hall–Kier alpha value is -3.35.